The summed E-state index contributed by atoms with van der Waals surface area (Å²) in [4.78, 5) is 22.6. The van der Waals surface area contributed by atoms with Gasteiger partial charge in [-0.05, 0) is 23.6 Å². The van der Waals surface area contributed by atoms with Crippen LogP contribution in [0.25, 0.3) is 21.1 Å². The molecule has 0 bridgehead atoms. The number of amides is 1. The zero-order valence-electron chi connectivity index (χ0n) is 16.1. The maximum atomic E-state index is 12.9. The second-order valence-corrected chi connectivity index (χ2v) is 8.74. The van der Waals surface area contributed by atoms with E-state index in [1.165, 1.54) is 11.3 Å². The topological polar surface area (TPSA) is 62.2 Å². The van der Waals surface area contributed by atoms with Crippen LogP contribution in [0.15, 0.2) is 65.4 Å². The van der Waals surface area contributed by atoms with Crippen LogP contribution in [0.5, 0.6) is 0 Å². The van der Waals surface area contributed by atoms with Gasteiger partial charge in [0.15, 0.2) is 5.82 Å². The Morgan fingerprint density at radius 3 is 2.40 bits per heavy atom. The number of hydrogen-bond donors (Lipinski definition) is 0. The molecule has 5 rings (SSSR count). The molecule has 0 atom stereocenters. The van der Waals surface area contributed by atoms with E-state index in [4.69, 9.17) is 0 Å². The number of thiophene rings is 1. The van der Waals surface area contributed by atoms with E-state index in [0.29, 0.717) is 18.8 Å². The van der Waals surface area contributed by atoms with Crippen molar-refractivity contribution in [3.8, 4) is 21.1 Å². The summed E-state index contributed by atoms with van der Waals surface area (Å²) in [7, 11) is 0. The Labute approximate surface area is 182 Å². The fourth-order valence-electron chi connectivity index (χ4n) is 3.44. The van der Waals surface area contributed by atoms with Crippen molar-refractivity contribution in [3.63, 3.8) is 0 Å². The highest BCUT2D eigenvalue weighted by Crippen LogP contribution is 2.25. The first-order valence-electron chi connectivity index (χ1n) is 9.71. The first-order chi connectivity index (χ1) is 14.8. The fraction of sp³-hybridized carbons (Fsp3) is 0.182. The van der Waals surface area contributed by atoms with Crippen molar-refractivity contribution in [3.05, 3.63) is 71.1 Å². The van der Waals surface area contributed by atoms with Gasteiger partial charge >= 0.3 is 0 Å². The van der Waals surface area contributed by atoms with Crippen LogP contribution in [0.1, 0.15) is 10.5 Å². The molecule has 150 valence electrons. The molecule has 1 aromatic carbocycles. The van der Waals surface area contributed by atoms with E-state index in [-0.39, 0.29) is 5.91 Å². The van der Waals surface area contributed by atoms with Gasteiger partial charge in [0, 0.05) is 37.1 Å². The molecule has 30 heavy (non-hydrogen) atoms. The molecule has 0 radical (unpaired) electrons. The minimum absolute atomic E-state index is 0.00721. The Bertz CT molecular complexity index is 1120. The Hall–Kier alpha value is -3.10. The summed E-state index contributed by atoms with van der Waals surface area (Å²) < 4.78 is 0. The van der Waals surface area contributed by atoms with E-state index in [1.807, 2.05) is 70.3 Å². The lowest BCUT2D eigenvalue weighted by atomic mass is 10.2. The summed E-state index contributed by atoms with van der Waals surface area (Å²) in [6.07, 6.45) is 0. The number of hydrogen-bond acceptors (Lipinski definition) is 7. The van der Waals surface area contributed by atoms with Crippen LogP contribution in [0, 0.1) is 0 Å². The molecule has 0 N–H and O–H groups in total. The highest BCUT2D eigenvalue weighted by Gasteiger charge is 2.25. The molecule has 1 aliphatic heterocycles. The molecule has 0 aliphatic carbocycles. The van der Waals surface area contributed by atoms with Crippen molar-refractivity contribution >= 4 is 34.4 Å². The molecule has 8 heteroatoms. The van der Waals surface area contributed by atoms with Crippen molar-refractivity contribution < 1.29 is 4.79 Å². The smallest absolute Gasteiger partial charge is 0.273 e. The zero-order chi connectivity index (χ0) is 20.3. The quantitative estimate of drug-likeness (QED) is 0.480. The van der Waals surface area contributed by atoms with Gasteiger partial charge in [-0.1, -0.05) is 36.4 Å². The van der Waals surface area contributed by atoms with E-state index in [1.54, 1.807) is 11.3 Å². The van der Waals surface area contributed by atoms with Gasteiger partial charge in [-0.15, -0.1) is 32.9 Å². The van der Waals surface area contributed by atoms with Gasteiger partial charge in [0.25, 0.3) is 5.91 Å². The number of rotatable bonds is 4. The largest absolute Gasteiger partial charge is 0.352 e. The third kappa shape index (κ3) is 3.83. The van der Waals surface area contributed by atoms with Gasteiger partial charge in [0.05, 0.1) is 4.88 Å². The SMILES string of the molecule is O=C(c1csc(-c2ccccc2)n1)N1CCN(c2ccc(-c3cccs3)nn2)CC1. The lowest BCUT2D eigenvalue weighted by Crippen LogP contribution is -2.49. The Morgan fingerprint density at radius 2 is 1.70 bits per heavy atom. The monoisotopic (exact) mass is 433 g/mol. The van der Waals surface area contributed by atoms with Crippen molar-refractivity contribution in [2.24, 2.45) is 0 Å². The third-order valence-electron chi connectivity index (χ3n) is 5.06. The standard InChI is InChI=1S/C22H19N5OS2/c28-22(18-15-30-21(23-18)16-5-2-1-3-6-16)27-12-10-26(11-13-27)20-9-8-17(24-25-20)19-7-4-14-29-19/h1-9,14-15H,10-13H2. The van der Waals surface area contributed by atoms with E-state index in [2.05, 4.69) is 20.1 Å². The van der Waals surface area contributed by atoms with E-state index < -0.39 is 0 Å². The van der Waals surface area contributed by atoms with Crippen molar-refractivity contribution in [1.82, 2.24) is 20.1 Å². The molecule has 0 saturated carbocycles. The van der Waals surface area contributed by atoms with E-state index in [0.717, 1.165) is 40.0 Å². The molecular formula is C22H19N5OS2. The van der Waals surface area contributed by atoms with Gasteiger partial charge in [-0.3, -0.25) is 4.79 Å². The summed E-state index contributed by atoms with van der Waals surface area (Å²) in [5.41, 5.74) is 2.45. The highest BCUT2D eigenvalue weighted by atomic mass is 32.1. The summed E-state index contributed by atoms with van der Waals surface area (Å²) in [6, 6.07) is 18.0. The van der Waals surface area contributed by atoms with Crippen LogP contribution in [0.3, 0.4) is 0 Å². The zero-order valence-corrected chi connectivity index (χ0v) is 17.8. The number of thiazole rings is 1. The molecule has 0 unspecified atom stereocenters. The molecule has 6 nitrogen and oxygen atoms in total. The summed E-state index contributed by atoms with van der Waals surface area (Å²) in [5.74, 6) is 0.842. The number of carbonyl (C=O) groups is 1. The summed E-state index contributed by atoms with van der Waals surface area (Å²) in [6.45, 7) is 2.75. The Balaban J connectivity index is 1.22. The van der Waals surface area contributed by atoms with Gasteiger partial charge in [-0.25, -0.2) is 4.98 Å². The van der Waals surface area contributed by atoms with E-state index in [9.17, 15) is 4.79 Å². The van der Waals surface area contributed by atoms with Crippen molar-refractivity contribution in [2.45, 2.75) is 0 Å². The van der Waals surface area contributed by atoms with Crippen LogP contribution in [-0.4, -0.2) is 52.2 Å². The molecule has 3 aromatic heterocycles. The Kier molecular flexibility index (Phi) is 5.25. The van der Waals surface area contributed by atoms with Crippen molar-refractivity contribution in [1.29, 1.82) is 0 Å². The third-order valence-corrected chi connectivity index (χ3v) is 6.84. The lowest BCUT2D eigenvalue weighted by Gasteiger charge is -2.34. The van der Waals surface area contributed by atoms with E-state index >= 15 is 0 Å². The molecule has 1 amide bonds. The highest BCUT2D eigenvalue weighted by molar-refractivity contribution is 7.13. The number of nitrogens with zero attached hydrogens (tertiary/aromatic N) is 5. The first-order valence-corrected chi connectivity index (χ1v) is 11.5. The predicted molar refractivity (Wildman–Crippen MR) is 121 cm³/mol. The molecular weight excluding hydrogens is 414 g/mol. The van der Waals surface area contributed by atoms with Crippen LogP contribution in [0.2, 0.25) is 0 Å². The molecule has 1 fully saturated rings. The average Bonchev–Trinajstić information content (AvgIpc) is 3.52. The molecule has 4 heterocycles. The van der Waals surface area contributed by atoms with Crippen LogP contribution in [0.4, 0.5) is 5.82 Å². The lowest BCUT2D eigenvalue weighted by molar-refractivity contribution is 0.0741. The number of piperazine rings is 1. The van der Waals surface area contributed by atoms with Gasteiger partial charge in [0.2, 0.25) is 0 Å². The fourth-order valence-corrected chi connectivity index (χ4v) is 4.93. The van der Waals surface area contributed by atoms with Gasteiger partial charge in [-0.2, -0.15) is 0 Å². The normalized spacial score (nSPS) is 14.1. The predicted octanol–water partition coefficient (Wildman–Crippen LogP) is 4.29. The van der Waals surface area contributed by atoms with Crippen LogP contribution < -0.4 is 4.90 Å². The minimum Gasteiger partial charge on any atom is -0.352 e. The molecule has 1 aliphatic rings. The Morgan fingerprint density at radius 1 is 0.867 bits per heavy atom. The van der Waals surface area contributed by atoms with Gasteiger partial charge in [0.1, 0.15) is 16.4 Å². The summed E-state index contributed by atoms with van der Waals surface area (Å²) in [5, 5.41) is 13.5. The number of aromatic nitrogens is 3. The second-order valence-electron chi connectivity index (χ2n) is 6.94. The molecule has 0 spiro atoms. The van der Waals surface area contributed by atoms with Crippen molar-refractivity contribution in [2.75, 3.05) is 31.1 Å². The number of anilines is 1. The minimum atomic E-state index is -0.00721. The molecule has 4 aromatic rings. The first kappa shape index (κ1) is 18.9. The molecule has 1 saturated heterocycles. The van der Waals surface area contributed by atoms with Crippen LogP contribution in [-0.2, 0) is 0 Å². The van der Waals surface area contributed by atoms with Crippen LogP contribution >= 0.6 is 22.7 Å². The maximum Gasteiger partial charge on any atom is 0.273 e. The number of carbonyl (C=O) groups excluding carboxylic acids is 1. The summed E-state index contributed by atoms with van der Waals surface area (Å²) >= 11 is 3.16. The maximum absolute atomic E-state index is 12.9. The van der Waals surface area contributed by atoms with Gasteiger partial charge < -0.3 is 9.80 Å². The second kappa shape index (κ2) is 8.33. The average molecular weight is 434 g/mol. The number of benzene rings is 1.